The molecule has 0 unspecified atom stereocenters. The van der Waals surface area contributed by atoms with Crippen LogP contribution in [0.3, 0.4) is 0 Å². The highest BCUT2D eigenvalue weighted by Gasteiger charge is 2.14. The van der Waals surface area contributed by atoms with Crippen molar-refractivity contribution in [2.24, 2.45) is 0 Å². The highest BCUT2D eigenvalue weighted by Crippen LogP contribution is 2.28. The molecule has 2 aromatic rings. The van der Waals surface area contributed by atoms with Crippen molar-refractivity contribution in [2.75, 3.05) is 31.9 Å². The first-order chi connectivity index (χ1) is 12.6. The van der Waals surface area contributed by atoms with Crippen molar-refractivity contribution in [1.82, 2.24) is 0 Å². The molecule has 0 aromatic heterocycles. The second-order valence-corrected chi connectivity index (χ2v) is 6.03. The maximum absolute atomic E-state index is 12.1. The van der Waals surface area contributed by atoms with Crippen LogP contribution in [0.4, 0.5) is 5.69 Å². The van der Waals surface area contributed by atoms with Crippen molar-refractivity contribution in [3.63, 3.8) is 0 Å². The van der Waals surface area contributed by atoms with Crippen molar-refractivity contribution in [3.05, 3.63) is 48.0 Å². The van der Waals surface area contributed by atoms with Crippen molar-refractivity contribution >= 4 is 29.3 Å². The van der Waals surface area contributed by atoms with Crippen molar-refractivity contribution in [3.8, 4) is 11.5 Å². The van der Waals surface area contributed by atoms with Gasteiger partial charge in [-0.15, -0.1) is 11.8 Å². The van der Waals surface area contributed by atoms with Crippen LogP contribution in [-0.2, 0) is 9.53 Å². The molecule has 0 heterocycles. The zero-order valence-electron chi connectivity index (χ0n) is 14.9. The fraction of sp³-hybridized carbons (Fsp3) is 0.263. The van der Waals surface area contributed by atoms with E-state index in [9.17, 15) is 9.59 Å². The molecule has 0 bridgehead atoms. The van der Waals surface area contributed by atoms with Gasteiger partial charge in [0.25, 0.3) is 5.91 Å². The van der Waals surface area contributed by atoms with Crippen LogP contribution >= 0.6 is 11.8 Å². The van der Waals surface area contributed by atoms with Gasteiger partial charge in [-0.2, -0.15) is 0 Å². The summed E-state index contributed by atoms with van der Waals surface area (Å²) in [5, 5.41) is 2.68. The molecule has 0 aliphatic heterocycles. The van der Waals surface area contributed by atoms with Gasteiger partial charge in [0.1, 0.15) is 0 Å². The molecule has 26 heavy (non-hydrogen) atoms. The number of amides is 1. The fourth-order valence-electron chi connectivity index (χ4n) is 2.16. The Morgan fingerprint density at radius 1 is 1.08 bits per heavy atom. The molecule has 0 radical (unpaired) electrons. The summed E-state index contributed by atoms with van der Waals surface area (Å²) in [5.41, 5.74) is 0.929. The molecule has 2 aromatic carbocycles. The third-order valence-electron chi connectivity index (χ3n) is 3.41. The Kier molecular flexibility index (Phi) is 7.35. The normalized spacial score (nSPS) is 10.1. The lowest BCUT2D eigenvalue weighted by Gasteiger charge is -2.11. The van der Waals surface area contributed by atoms with Crippen LogP contribution in [0, 0.1) is 0 Å². The minimum atomic E-state index is -0.610. The quantitative estimate of drug-likeness (QED) is 0.561. The maximum atomic E-state index is 12.1. The average molecular weight is 375 g/mol. The molecule has 0 atom stereocenters. The summed E-state index contributed by atoms with van der Waals surface area (Å²) >= 11 is 1.61. The number of hydrogen-bond acceptors (Lipinski definition) is 6. The molecular formula is C19H21NO5S. The predicted molar refractivity (Wildman–Crippen MR) is 101 cm³/mol. The second kappa shape index (κ2) is 9.72. The molecular weight excluding hydrogens is 354 g/mol. The van der Waals surface area contributed by atoms with E-state index in [1.807, 2.05) is 25.3 Å². The summed E-state index contributed by atoms with van der Waals surface area (Å²) in [4.78, 5) is 25.2. The topological polar surface area (TPSA) is 73.9 Å². The number of thioether (sulfide) groups is 1. The van der Waals surface area contributed by atoms with Gasteiger partial charge in [0, 0.05) is 10.6 Å². The van der Waals surface area contributed by atoms with Crippen LogP contribution < -0.4 is 14.8 Å². The van der Waals surface area contributed by atoms with Crippen LogP contribution in [0.2, 0.25) is 0 Å². The number of carbonyl (C=O) groups excluding carboxylic acids is 2. The summed E-state index contributed by atoms with van der Waals surface area (Å²) in [6.45, 7) is 1.90. The molecule has 138 valence electrons. The first-order valence-corrected chi connectivity index (χ1v) is 9.21. The first-order valence-electron chi connectivity index (χ1n) is 7.99. The number of rotatable bonds is 8. The molecule has 7 heteroatoms. The SMILES string of the molecule is CCOc1cc(C(=O)OCC(=O)Nc2ccc(SC)cc2)ccc1OC. The van der Waals surface area contributed by atoms with E-state index in [2.05, 4.69) is 5.32 Å². The molecule has 0 spiro atoms. The number of nitrogens with one attached hydrogen (secondary N) is 1. The number of esters is 1. The van der Waals surface area contributed by atoms with Gasteiger partial charge in [-0.3, -0.25) is 4.79 Å². The number of anilines is 1. The minimum absolute atomic E-state index is 0.284. The van der Waals surface area contributed by atoms with E-state index in [0.29, 0.717) is 23.8 Å². The van der Waals surface area contributed by atoms with E-state index in [1.54, 1.807) is 36.0 Å². The largest absolute Gasteiger partial charge is 0.493 e. The Hall–Kier alpha value is -2.67. The summed E-state index contributed by atoms with van der Waals surface area (Å²) in [6.07, 6.45) is 1.98. The van der Waals surface area contributed by atoms with Crippen LogP contribution in [0.1, 0.15) is 17.3 Å². The number of carbonyl (C=O) groups is 2. The van der Waals surface area contributed by atoms with E-state index in [4.69, 9.17) is 14.2 Å². The van der Waals surface area contributed by atoms with Crippen molar-refractivity contribution in [2.45, 2.75) is 11.8 Å². The third-order valence-corrected chi connectivity index (χ3v) is 4.15. The molecule has 0 aliphatic rings. The number of benzene rings is 2. The maximum Gasteiger partial charge on any atom is 0.338 e. The van der Waals surface area contributed by atoms with E-state index >= 15 is 0 Å². The Morgan fingerprint density at radius 2 is 1.81 bits per heavy atom. The molecule has 1 N–H and O–H groups in total. The van der Waals surface area contributed by atoms with Crippen LogP contribution in [-0.4, -0.2) is 38.5 Å². The van der Waals surface area contributed by atoms with E-state index in [-0.39, 0.29) is 12.2 Å². The summed E-state index contributed by atoms with van der Waals surface area (Å²) < 4.78 is 15.7. The molecule has 0 fully saturated rings. The number of methoxy groups -OCH3 is 1. The van der Waals surface area contributed by atoms with Gasteiger partial charge < -0.3 is 19.5 Å². The van der Waals surface area contributed by atoms with E-state index in [0.717, 1.165) is 4.90 Å². The Morgan fingerprint density at radius 3 is 2.42 bits per heavy atom. The summed E-state index contributed by atoms with van der Waals surface area (Å²) in [7, 11) is 1.52. The van der Waals surface area contributed by atoms with Gasteiger partial charge in [-0.25, -0.2) is 4.79 Å². The van der Waals surface area contributed by atoms with Gasteiger partial charge in [0.05, 0.1) is 19.3 Å². The van der Waals surface area contributed by atoms with Gasteiger partial charge in [0.15, 0.2) is 18.1 Å². The second-order valence-electron chi connectivity index (χ2n) is 5.15. The highest BCUT2D eigenvalue weighted by atomic mass is 32.2. The van der Waals surface area contributed by atoms with Crippen molar-refractivity contribution < 1.29 is 23.8 Å². The van der Waals surface area contributed by atoms with E-state index in [1.165, 1.54) is 13.2 Å². The predicted octanol–water partition coefficient (Wildman–Crippen LogP) is 3.61. The lowest BCUT2D eigenvalue weighted by molar-refractivity contribution is -0.119. The summed E-state index contributed by atoms with van der Waals surface area (Å²) in [5.74, 6) is -0.0482. The fourth-order valence-corrected chi connectivity index (χ4v) is 2.57. The zero-order valence-corrected chi connectivity index (χ0v) is 15.7. The molecule has 0 saturated carbocycles. The van der Waals surface area contributed by atoms with Gasteiger partial charge in [0.2, 0.25) is 0 Å². The molecule has 6 nitrogen and oxygen atoms in total. The third kappa shape index (κ3) is 5.42. The Labute approximate surface area is 156 Å². The average Bonchev–Trinajstić information content (AvgIpc) is 2.67. The number of hydrogen-bond donors (Lipinski definition) is 1. The van der Waals surface area contributed by atoms with Gasteiger partial charge >= 0.3 is 5.97 Å². The molecule has 2 rings (SSSR count). The van der Waals surface area contributed by atoms with Crippen molar-refractivity contribution in [1.29, 1.82) is 0 Å². The Bertz CT molecular complexity index is 761. The summed E-state index contributed by atoms with van der Waals surface area (Å²) in [6, 6.07) is 12.1. The van der Waals surface area contributed by atoms with Gasteiger partial charge in [-0.1, -0.05) is 0 Å². The van der Waals surface area contributed by atoms with Crippen LogP contribution in [0.15, 0.2) is 47.4 Å². The Balaban J connectivity index is 1.92. The molecule has 0 saturated heterocycles. The monoisotopic (exact) mass is 375 g/mol. The lowest BCUT2D eigenvalue weighted by atomic mass is 10.2. The number of ether oxygens (including phenoxy) is 3. The standard InChI is InChI=1S/C19H21NO5S/c1-4-24-17-11-13(5-10-16(17)23-2)19(22)25-12-18(21)20-14-6-8-15(26-3)9-7-14/h5-11H,4,12H2,1-3H3,(H,20,21). The smallest absolute Gasteiger partial charge is 0.338 e. The highest BCUT2D eigenvalue weighted by molar-refractivity contribution is 7.98. The molecule has 1 amide bonds. The van der Waals surface area contributed by atoms with Crippen LogP contribution in [0.25, 0.3) is 0 Å². The van der Waals surface area contributed by atoms with E-state index < -0.39 is 11.9 Å². The zero-order chi connectivity index (χ0) is 18.9. The van der Waals surface area contributed by atoms with Crippen LogP contribution in [0.5, 0.6) is 11.5 Å². The lowest BCUT2D eigenvalue weighted by Crippen LogP contribution is -2.20. The first kappa shape index (κ1) is 19.7. The minimum Gasteiger partial charge on any atom is -0.493 e. The van der Waals surface area contributed by atoms with Gasteiger partial charge in [-0.05, 0) is 55.6 Å². The molecule has 0 aliphatic carbocycles.